The smallest absolute Gasteiger partial charge is 0.143 e. The Balaban J connectivity index is 1.86. The van der Waals surface area contributed by atoms with E-state index in [1.165, 1.54) is 5.56 Å². The monoisotopic (exact) mass is 382 g/mol. The number of aryl methyl sites for hydroxylation is 2. The third-order valence-corrected chi connectivity index (χ3v) is 4.63. The van der Waals surface area contributed by atoms with Crippen LogP contribution in [0.5, 0.6) is 5.75 Å². The van der Waals surface area contributed by atoms with Gasteiger partial charge in [-0.1, -0.05) is 41.9 Å². The summed E-state index contributed by atoms with van der Waals surface area (Å²) in [6, 6.07) is 16.0. The van der Waals surface area contributed by atoms with Gasteiger partial charge in [0, 0.05) is 30.7 Å². The Labute approximate surface area is 165 Å². The molecule has 0 fully saturated rings. The maximum Gasteiger partial charge on any atom is 0.143 e. The average Bonchev–Trinajstić information content (AvgIpc) is 2.65. The van der Waals surface area contributed by atoms with Crippen LogP contribution in [-0.4, -0.2) is 24.1 Å². The Kier molecular flexibility index (Phi) is 5.81. The molecule has 0 atom stereocenters. The van der Waals surface area contributed by atoms with Crippen LogP contribution < -0.4 is 15.0 Å². The molecule has 3 rings (SSSR count). The molecule has 0 saturated heterocycles. The zero-order valence-corrected chi connectivity index (χ0v) is 16.7. The van der Waals surface area contributed by atoms with Crippen LogP contribution in [0.15, 0.2) is 48.5 Å². The van der Waals surface area contributed by atoms with E-state index in [1.54, 1.807) is 13.2 Å². The second-order valence-corrected chi connectivity index (χ2v) is 6.83. The molecule has 1 N–H and O–H groups in total. The summed E-state index contributed by atoms with van der Waals surface area (Å²) in [6.45, 7) is 4.60. The number of methoxy groups -OCH3 is 1. The number of rotatable bonds is 6. The SMILES string of the molecule is COc1cc(Cl)c(C)cc1Nc1cc(N(C)Cc2ccccc2)nc(C)n1. The van der Waals surface area contributed by atoms with Crippen LogP contribution >= 0.6 is 11.6 Å². The van der Waals surface area contributed by atoms with Gasteiger partial charge >= 0.3 is 0 Å². The number of anilines is 3. The molecule has 1 heterocycles. The van der Waals surface area contributed by atoms with Crippen molar-refractivity contribution in [2.45, 2.75) is 20.4 Å². The van der Waals surface area contributed by atoms with Gasteiger partial charge in [-0.3, -0.25) is 0 Å². The fraction of sp³-hybridized carbons (Fsp3) is 0.238. The molecular formula is C21H23ClN4O. The number of nitrogens with zero attached hydrogens (tertiary/aromatic N) is 3. The predicted molar refractivity (Wildman–Crippen MR) is 111 cm³/mol. The molecule has 0 saturated carbocycles. The van der Waals surface area contributed by atoms with Crippen LogP contribution in [-0.2, 0) is 6.54 Å². The number of aromatic nitrogens is 2. The van der Waals surface area contributed by atoms with Crippen molar-refractivity contribution in [3.05, 3.63) is 70.5 Å². The summed E-state index contributed by atoms with van der Waals surface area (Å²) >= 11 is 6.20. The fourth-order valence-corrected chi connectivity index (χ4v) is 2.97. The van der Waals surface area contributed by atoms with E-state index in [9.17, 15) is 0 Å². The molecule has 1 aromatic heterocycles. The van der Waals surface area contributed by atoms with Crippen LogP contribution in [0.25, 0.3) is 0 Å². The van der Waals surface area contributed by atoms with Crippen LogP contribution in [0.1, 0.15) is 17.0 Å². The Bertz CT molecular complexity index is 931. The Hall–Kier alpha value is -2.79. The zero-order valence-electron chi connectivity index (χ0n) is 16.0. The third kappa shape index (κ3) is 4.68. The molecular weight excluding hydrogens is 360 g/mol. The minimum atomic E-state index is 0.666. The van der Waals surface area contributed by atoms with Gasteiger partial charge in [0.05, 0.1) is 12.8 Å². The lowest BCUT2D eigenvalue weighted by atomic mass is 10.2. The highest BCUT2D eigenvalue weighted by Crippen LogP contribution is 2.33. The second-order valence-electron chi connectivity index (χ2n) is 6.43. The maximum atomic E-state index is 6.20. The first-order valence-corrected chi connectivity index (χ1v) is 9.06. The standard InChI is InChI=1S/C21H23ClN4O/c1-14-10-18(19(27-4)11-17(14)22)25-20-12-21(24-15(2)23-20)26(3)13-16-8-6-5-7-9-16/h5-12H,13H2,1-4H3,(H,23,24,25). The van der Waals surface area contributed by atoms with Gasteiger partial charge in [-0.15, -0.1) is 0 Å². The Morgan fingerprint density at radius 2 is 1.81 bits per heavy atom. The number of hydrogen-bond donors (Lipinski definition) is 1. The van der Waals surface area contributed by atoms with Crippen molar-refractivity contribution in [1.29, 1.82) is 0 Å². The van der Waals surface area contributed by atoms with Crippen molar-refractivity contribution in [3.63, 3.8) is 0 Å². The quantitative estimate of drug-likeness (QED) is 0.640. The molecule has 0 amide bonds. The minimum Gasteiger partial charge on any atom is -0.495 e. The van der Waals surface area contributed by atoms with Gasteiger partial charge in [0.1, 0.15) is 23.2 Å². The summed E-state index contributed by atoms with van der Waals surface area (Å²) in [6.07, 6.45) is 0. The Morgan fingerprint density at radius 1 is 1.07 bits per heavy atom. The van der Waals surface area contributed by atoms with E-state index in [2.05, 4.69) is 32.3 Å². The molecule has 2 aromatic carbocycles. The molecule has 140 valence electrons. The van der Waals surface area contributed by atoms with Crippen molar-refractivity contribution >= 4 is 28.9 Å². The summed E-state index contributed by atoms with van der Waals surface area (Å²) in [5.74, 6) is 2.91. The molecule has 3 aromatic rings. The molecule has 0 spiro atoms. The van der Waals surface area contributed by atoms with Crippen LogP contribution in [0, 0.1) is 13.8 Å². The van der Waals surface area contributed by atoms with Gasteiger partial charge in [0.25, 0.3) is 0 Å². The van der Waals surface area contributed by atoms with Crippen molar-refractivity contribution in [2.24, 2.45) is 0 Å². The van der Waals surface area contributed by atoms with Crippen molar-refractivity contribution in [2.75, 3.05) is 24.4 Å². The largest absolute Gasteiger partial charge is 0.495 e. The van der Waals surface area contributed by atoms with E-state index in [0.717, 1.165) is 23.6 Å². The van der Waals surface area contributed by atoms with Gasteiger partial charge in [-0.2, -0.15) is 0 Å². The number of halogens is 1. The molecule has 0 aliphatic heterocycles. The Morgan fingerprint density at radius 3 is 2.52 bits per heavy atom. The summed E-state index contributed by atoms with van der Waals surface area (Å²) in [5.41, 5.74) is 3.00. The zero-order chi connectivity index (χ0) is 19.4. The summed E-state index contributed by atoms with van der Waals surface area (Å²) in [4.78, 5) is 11.2. The predicted octanol–water partition coefficient (Wildman–Crippen LogP) is 5.14. The van der Waals surface area contributed by atoms with Gasteiger partial charge < -0.3 is 15.0 Å². The average molecular weight is 383 g/mol. The highest BCUT2D eigenvalue weighted by atomic mass is 35.5. The van der Waals surface area contributed by atoms with E-state index in [-0.39, 0.29) is 0 Å². The highest BCUT2D eigenvalue weighted by Gasteiger charge is 2.11. The number of ether oxygens (including phenoxy) is 1. The molecule has 5 nitrogen and oxygen atoms in total. The first-order valence-electron chi connectivity index (χ1n) is 8.68. The van der Waals surface area contributed by atoms with Gasteiger partial charge in [0.15, 0.2) is 0 Å². The number of hydrogen-bond acceptors (Lipinski definition) is 5. The number of benzene rings is 2. The van der Waals surface area contributed by atoms with Crippen molar-refractivity contribution < 1.29 is 4.74 Å². The highest BCUT2D eigenvalue weighted by molar-refractivity contribution is 6.31. The van der Waals surface area contributed by atoms with E-state index in [4.69, 9.17) is 16.3 Å². The molecule has 0 aliphatic carbocycles. The fourth-order valence-electron chi connectivity index (χ4n) is 2.82. The molecule has 27 heavy (non-hydrogen) atoms. The van der Waals surface area contributed by atoms with Crippen LogP contribution in [0.4, 0.5) is 17.3 Å². The van der Waals surface area contributed by atoms with Crippen LogP contribution in [0.3, 0.4) is 0 Å². The summed E-state index contributed by atoms with van der Waals surface area (Å²) in [5, 5.41) is 4.00. The number of nitrogens with one attached hydrogen (secondary N) is 1. The molecule has 0 unspecified atom stereocenters. The van der Waals surface area contributed by atoms with Crippen molar-refractivity contribution in [3.8, 4) is 5.75 Å². The van der Waals surface area contributed by atoms with Gasteiger partial charge in [0.2, 0.25) is 0 Å². The molecule has 0 radical (unpaired) electrons. The summed E-state index contributed by atoms with van der Waals surface area (Å²) < 4.78 is 5.44. The van der Waals surface area contributed by atoms with E-state index >= 15 is 0 Å². The lowest BCUT2D eigenvalue weighted by Crippen LogP contribution is -2.18. The second kappa shape index (κ2) is 8.27. The van der Waals surface area contributed by atoms with Crippen molar-refractivity contribution in [1.82, 2.24) is 9.97 Å². The lowest BCUT2D eigenvalue weighted by Gasteiger charge is -2.20. The van der Waals surface area contributed by atoms with E-state index in [0.29, 0.717) is 22.4 Å². The van der Waals surface area contributed by atoms with Gasteiger partial charge in [-0.05, 0) is 31.0 Å². The van der Waals surface area contributed by atoms with Crippen LogP contribution in [0.2, 0.25) is 5.02 Å². The van der Waals surface area contributed by atoms with E-state index < -0.39 is 0 Å². The summed E-state index contributed by atoms with van der Waals surface area (Å²) in [7, 11) is 3.64. The van der Waals surface area contributed by atoms with E-state index in [1.807, 2.05) is 51.2 Å². The molecule has 6 heteroatoms. The lowest BCUT2D eigenvalue weighted by molar-refractivity contribution is 0.416. The topological polar surface area (TPSA) is 50.3 Å². The molecule has 0 aliphatic rings. The first-order chi connectivity index (χ1) is 13.0. The minimum absolute atomic E-state index is 0.666. The normalized spacial score (nSPS) is 10.6. The third-order valence-electron chi connectivity index (χ3n) is 4.22. The van der Waals surface area contributed by atoms with Gasteiger partial charge in [-0.25, -0.2) is 9.97 Å². The first kappa shape index (κ1) is 19.0. The molecule has 0 bridgehead atoms. The maximum absolute atomic E-state index is 6.20.